The van der Waals surface area contributed by atoms with Crippen molar-refractivity contribution in [3.63, 3.8) is 0 Å². The van der Waals surface area contributed by atoms with Crippen LogP contribution >= 0.6 is 0 Å². The summed E-state index contributed by atoms with van der Waals surface area (Å²) in [6.07, 6.45) is 1.96. The van der Waals surface area contributed by atoms with Crippen LogP contribution in [-0.4, -0.2) is 30.1 Å². The Labute approximate surface area is 111 Å². The minimum absolute atomic E-state index is 0.0917. The highest BCUT2D eigenvalue weighted by molar-refractivity contribution is 5.90. The summed E-state index contributed by atoms with van der Waals surface area (Å²) in [7, 11) is 0. The van der Waals surface area contributed by atoms with Gasteiger partial charge in [0.2, 0.25) is 5.91 Å². The van der Waals surface area contributed by atoms with E-state index in [1.165, 1.54) is 12.1 Å². The molecule has 1 amide bonds. The van der Waals surface area contributed by atoms with Crippen molar-refractivity contribution < 1.29 is 14.7 Å². The molecule has 6 nitrogen and oxygen atoms in total. The molecule has 2 rings (SSSR count). The Bertz CT molecular complexity index is 498. The fraction of sp³-hybridized carbons (Fsp3) is 0.385. The van der Waals surface area contributed by atoms with E-state index in [0.29, 0.717) is 24.5 Å². The molecule has 0 atom stereocenters. The normalized spacial score (nSPS) is 13.9. The number of rotatable bonds is 6. The molecule has 102 valence electrons. The van der Waals surface area contributed by atoms with Crippen LogP contribution in [0.25, 0.3) is 0 Å². The molecular weight excluding hydrogens is 246 g/mol. The Kier molecular flexibility index (Phi) is 3.89. The molecule has 19 heavy (non-hydrogen) atoms. The zero-order chi connectivity index (χ0) is 13.8. The number of amides is 1. The van der Waals surface area contributed by atoms with Crippen molar-refractivity contribution in [1.29, 1.82) is 0 Å². The average molecular weight is 263 g/mol. The molecule has 0 heterocycles. The average Bonchev–Trinajstić information content (AvgIpc) is 3.20. The SMILES string of the molecule is Nc1ccc(C(=O)O)cc1NCCNC(=O)C1CC1. The molecule has 0 radical (unpaired) electrons. The number of anilines is 2. The van der Waals surface area contributed by atoms with Gasteiger partial charge in [0.15, 0.2) is 0 Å². The number of hydrogen-bond acceptors (Lipinski definition) is 4. The number of carbonyl (C=O) groups is 2. The molecule has 5 N–H and O–H groups in total. The van der Waals surface area contributed by atoms with Crippen molar-refractivity contribution >= 4 is 23.3 Å². The zero-order valence-electron chi connectivity index (χ0n) is 10.5. The molecule has 1 aromatic carbocycles. The number of carboxylic acid groups (broad SMARTS) is 1. The van der Waals surface area contributed by atoms with Crippen LogP contribution in [0.15, 0.2) is 18.2 Å². The van der Waals surface area contributed by atoms with Crippen molar-refractivity contribution in [2.24, 2.45) is 5.92 Å². The summed E-state index contributed by atoms with van der Waals surface area (Å²) >= 11 is 0. The quantitative estimate of drug-likeness (QED) is 0.451. The van der Waals surface area contributed by atoms with Crippen LogP contribution in [0, 0.1) is 5.92 Å². The first-order valence-electron chi connectivity index (χ1n) is 6.22. The molecule has 1 saturated carbocycles. The molecule has 1 aromatic rings. The highest BCUT2D eigenvalue weighted by Gasteiger charge is 2.28. The van der Waals surface area contributed by atoms with Crippen molar-refractivity contribution in [3.8, 4) is 0 Å². The Hall–Kier alpha value is -2.24. The van der Waals surface area contributed by atoms with Gasteiger partial charge in [-0.05, 0) is 31.0 Å². The first kappa shape index (κ1) is 13.2. The standard InChI is InChI=1S/C13H17N3O3/c14-10-4-3-9(13(18)19)7-11(10)15-5-6-16-12(17)8-1-2-8/h3-4,7-8,15H,1-2,5-6,14H2,(H,16,17)(H,18,19). The first-order valence-corrected chi connectivity index (χ1v) is 6.22. The van der Waals surface area contributed by atoms with Crippen molar-refractivity contribution in [3.05, 3.63) is 23.8 Å². The monoisotopic (exact) mass is 263 g/mol. The molecule has 1 aliphatic carbocycles. The first-order chi connectivity index (χ1) is 9.08. The maximum Gasteiger partial charge on any atom is 0.335 e. The van der Waals surface area contributed by atoms with E-state index >= 15 is 0 Å². The molecule has 0 unspecified atom stereocenters. The number of carbonyl (C=O) groups excluding carboxylic acids is 1. The van der Waals surface area contributed by atoms with Gasteiger partial charge in [0.1, 0.15) is 0 Å². The minimum Gasteiger partial charge on any atom is -0.478 e. The molecule has 0 spiro atoms. The van der Waals surface area contributed by atoms with E-state index in [9.17, 15) is 9.59 Å². The van der Waals surface area contributed by atoms with Gasteiger partial charge in [-0.1, -0.05) is 0 Å². The molecule has 1 fully saturated rings. The van der Waals surface area contributed by atoms with Crippen LogP contribution in [0.3, 0.4) is 0 Å². The number of nitrogens with one attached hydrogen (secondary N) is 2. The fourth-order valence-corrected chi connectivity index (χ4v) is 1.72. The number of carboxylic acids is 1. The lowest BCUT2D eigenvalue weighted by Gasteiger charge is -2.10. The summed E-state index contributed by atoms with van der Waals surface area (Å²) in [5, 5.41) is 14.7. The largest absolute Gasteiger partial charge is 0.478 e. The predicted molar refractivity (Wildman–Crippen MR) is 72.0 cm³/mol. The van der Waals surface area contributed by atoms with Crippen LogP contribution in [0.2, 0.25) is 0 Å². The molecule has 6 heteroatoms. The summed E-state index contributed by atoms with van der Waals surface area (Å²) in [5.74, 6) is -0.709. The van der Waals surface area contributed by atoms with Gasteiger partial charge in [-0.3, -0.25) is 4.79 Å². The highest BCUT2D eigenvalue weighted by Crippen LogP contribution is 2.28. The number of hydrogen-bond donors (Lipinski definition) is 4. The maximum atomic E-state index is 11.4. The van der Waals surface area contributed by atoms with E-state index in [-0.39, 0.29) is 17.4 Å². The topological polar surface area (TPSA) is 104 Å². The van der Waals surface area contributed by atoms with Gasteiger partial charge in [-0.2, -0.15) is 0 Å². The fourth-order valence-electron chi connectivity index (χ4n) is 1.72. The summed E-state index contributed by atoms with van der Waals surface area (Å²) in [4.78, 5) is 22.2. The maximum absolute atomic E-state index is 11.4. The molecule has 1 aliphatic rings. The van der Waals surface area contributed by atoms with E-state index in [4.69, 9.17) is 10.8 Å². The van der Waals surface area contributed by atoms with Crippen molar-refractivity contribution in [1.82, 2.24) is 5.32 Å². The second-order valence-corrected chi connectivity index (χ2v) is 4.60. The minimum atomic E-state index is -0.995. The van der Waals surface area contributed by atoms with E-state index in [2.05, 4.69) is 10.6 Å². The van der Waals surface area contributed by atoms with Crippen LogP contribution < -0.4 is 16.4 Å². The Morgan fingerprint density at radius 1 is 1.32 bits per heavy atom. The molecule has 0 aromatic heterocycles. The van der Waals surface area contributed by atoms with Crippen LogP contribution in [0.5, 0.6) is 0 Å². The molecule has 0 bridgehead atoms. The van der Waals surface area contributed by atoms with Gasteiger partial charge in [-0.15, -0.1) is 0 Å². The number of benzene rings is 1. The van der Waals surface area contributed by atoms with Gasteiger partial charge >= 0.3 is 5.97 Å². The lowest BCUT2D eigenvalue weighted by Crippen LogP contribution is -2.29. The van der Waals surface area contributed by atoms with Gasteiger partial charge in [0, 0.05) is 19.0 Å². The van der Waals surface area contributed by atoms with Crippen LogP contribution in [0.4, 0.5) is 11.4 Å². The van der Waals surface area contributed by atoms with Crippen molar-refractivity contribution in [2.75, 3.05) is 24.1 Å². The molecule has 0 saturated heterocycles. The Morgan fingerprint density at radius 2 is 2.05 bits per heavy atom. The third-order valence-electron chi connectivity index (χ3n) is 2.99. The van der Waals surface area contributed by atoms with Crippen LogP contribution in [-0.2, 0) is 4.79 Å². The number of nitrogen functional groups attached to an aromatic ring is 1. The smallest absolute Gasteiger partial charge is 0.335 e. The van der Waals surface area contributed by atoms with Crippen molar-refractivity contribution in [2.45, 2.75) is 12.8 Å². The summed E-state index contributed by atoms with van der Waals surface area (Å²) in [6, 6.07) is 4.49. The molecule has 0 aliphatic heterocycles. The second kappa shape index (κ2) is 5.60. The van der Waals surface area contributed by atoms with E-state index < -0.39 is 5.97 Å². The molecular formula is C13H17N3O3. The van der Waals surface area contributed by atoms with Gasteiger partial charge in [0.25, 0.3) is 0 Å². The predicted octanol–water partition coefficient (Wildman–Crippen LogP) is 0.905. The van der Waals surface area contributed by atoms with Gasteiger partial charge in [0.05, 0.1) is 16.9 Å². The van der Waals surface area contributed by atoms with E-state index in [1.54, 1.807) is 6.07 Å². The van der Waals surface area contributed by atoms with Gasteiger partial charge in [-0.25, -0.2) is 4.79 Å². The Morgan fingerprint density at radius 3 is 2.68 bits per heavy atom. The summed E-state index contributed by atoms with van der Waals surface area (Å²) in [5.41, 5.74) is 6.98. The van der Waals surface area contributed by atoms with Gasteiger partial charge < -0.3 is 21.5 Å². The second-order valence-electron chi connectivity index (χ2n) is 4.60. The lowest BCUT2D eigenvalue weighted by molar-refractivity contribution is -0.122. The third-order valence-corrected chi connectivity index (χ3v) is 2.99. The number of aromatic carboxylic acids is 1. The summed E-state index contributed by atoms with van der Waals surface area (Å²) < 4.78 is 0. The lowest BCUT2D eigenvalue weighted by atomic mass is 10.1. The Balaban J connectivity index is 1.82. The van der Waals surface area contributed by atoms with E-state index in [0.717, 1.165) is 12.8 Å². The number of nitrogens with two attached hydrogens (primary N) is 1. The van der Waals surface area contributed by atoms with E-state index in [1.807, 2.05) is 0 Å². The zero-order valence-corrected chi connectivity index (χ0v) is 10.5. The van der Waals surface area contributed by atoms with Crippen LogP contribution in [0.1, 0.15) is 23.2 Å². The highest BCUT2D eigenvalue weighted by atomic mass is 16.4. The third kappa shape index (κ3) is 3.61. The summed E-state index contributed by atoms with van der Waals surface area (Å²) in [6.45, 7) is 0.998.